The summed E-state index contributed by atoms with van der Waals surface area (Å²) in [6.07, 6.45) is 1.58. The van der Waals surface area contributed by atoms with Gasteiger partial charge >= 0.3 is 0 Å². The van der Waals surface area contributed by atoms with Crippen molar-refractivity contribution in [2.75, 3.05) is 46.3 Å². The van der Waals surface area contributed by atoms with Gasteiger partial charge in [-0.3, -0.25) is 9.59 Å². The summed E-state index contributed by atoms with van der Waals surface area (Å²) in [5.41, 5.74) is 2.12. The number of para-hydroxylation sites is 1. The Morgan fingerprint density at radius 1 is 1.03 bits per heavy atom. The molecule has 2 aromatic rings. The van der Waals surface area contributed by atoms with E-state index in [9.17, 15) is 9.59 Å². The molecule has 1 aliphatic rings. The van der Waals surface area contributed by atoms with Crippen molar-refractivity contribution in [3.8, 4) is 11.5 Å². The molecule has 1 aliphatic heterocycles. The van der Waals surface area contributed by atoms with Gasteiger partial charge in [0.25, 0.3) is 5.91 Å². The number of carbonyl (C=O) groups is 2. The van der Waals surface area contributed by atoms with Crippen LogP contribution in [0.1, 0.15) is 33.6 Å². The predicted octanol–water partition coefficient (Wildman–Crippen LogP) is 3.50. The SMILES string of the molecule is COc1ccc(C(=O)[C@@H]2CCCN(C(=O)c3ccccc3N(C)C)C2)cc1OC. The van der Waals surface area contributed by atoms with Crippen LogP contribution in [0.5, 0.6) is 11.5 Å². The van der Waals surface area contributed by atoms with Crippen LogP contribution in [-0.2, 0) is 0 Å². The molecule has 29 heavy (non-hydrogen) atoms. The molecule has 0 saturated carbocycles. The molecular formula is C23H28N2O4. The molecule has 0 aliphatic carbocycles. The minimum absolute atomic E-state index is 0.0286. The summed E-state index contributed by atoms with van der Waals surface area (Å²) in [5.74, 6) is 0.896. The Labute approximate surface area is 172 Å². The van der Waals surface area contributed by atoms with Crippen LogP contribution >= 0.6 is 0 Å². The van der Waals surface area contributed by atoms with E-state index < -0.39 is 0 Å². The van der Waals surface area contributed by atoms with Crippen molar-refractivity contribution in [3.05, 3.63) is 53.6 Å². The van der Waals surface area contributed by atoms with Gasteiger partial charge in [0, 0.05) is 44.4 Å². The number of Topliss-reactive ketones (excluding diaryl/α,β-unsaturated/α-hetero) is 1. The summed E-state index contributed by atoms with van der Waals surface area (Å²) < 4.78 is 10.6. The molecular weight excluding hydrogens is 368 g/mol. The van der Waals surface area contributed by atoms with Crippen molar-refractivity contribution in [1.82, 2.24) is 4.90 Å². The second-order valence-corrected chi connectivity index (χ2v) is 7.44. The quantitative estimate of drug-likeness (QED) is 0.700. The van der Waals surface area contributed by atoms with Crippen LogP contribution in [0.15, 0.2) is 42.5 Å². The molecule has 6 nitrogen and oxygen atoms in total. The maximum Gasteiger partial charge on any atom is 0.255 e. The van der Waals surface area contributed by atoms with E-state index in [2.05, 4.69) is 0 Å². The molecule has 0 bridgehead atoms. The lowest BCUT2D eigenvalue weighted by Gasteiger charge is -2.33. The Morgan fingerprint density at radius 2 is 1.76 bits per heavy atom. The number of anilines is 1. The Morgan fingerprint density at radius 3 is 2.45 bits per heavy atom. The number of nitrogens with zero attached hydrogens (tertiary/aromatic N) is 2. The van der Waals surface area contributed by atoms with Gasteiger partial charge in [-0.05, 0) is 43.2 Å². The van der Waals surface area contributed by atoms with E-state index in [1.54, 1.807) is 37.3 Å². The van der Waals surface area contributed by atoms with Crippen molar-refractivity contribution in [1.29, 1.82) is 0 Å². The molecule has 0 N–H and O–H groups in total. The van der Waals surface area contributed by atoms with Crippen LogP contribution in [0.2, 0.25) is 0 Å². The van der Waals surface area contributed by atoms with Crippen molar-refractivity contribution >= 4 is 17.4 Å². The van der Waals surface area contributed by atoms with Crippen molar-refractivity contribution in [3.63, 3.8) is 0 Å². The molecule has 1 atom stereocenters. The molecule has 0 radical (unpaired) electrons. The predicted molar refractivity (Wildman–Crippen MR) is 113 cm³/mol. The second kappa shape index (κ2) is 8.99. The molecule has 0 unspecified atom stereocenters. The number of rotatable bonds is 6. The number of hydrogen-bond donors (Lipinski definition) is 0. The first-order chi connectivity index (χ1) is 14.0. The largest absolute Gasteiger partial charge is 0.493 e. The van der Waals surface area contributed by atoms with Gasteiger partial charge in [0.2, 0.25) is 0 Å². The topological polar surface area (TPSA) is 59.1 Å². The molecule has 6 heteroatoms. The molecule has 0 aromatic heterocycles. The fourth-order valence-electron chi connectivity index (χ4n) is 3.82. The third kappa shape index (κ3) is 4.36. The first-order valence-corrected chi connectivity index (χ1v) is 9.78. The standard InChI is InChI=1S/C23H28N2O4/c1-24(2)19-10-6-5-9-18(19)23(27)25-13-7-8-17(15-25)22(26)16-11-12-20(28-3)21(14-16)29-4/h5-6,9-12,14,17H,7-8,13,15H2,1-4H3/t17-/m1/s1. The maximum atomic E-state index is 13.2. The summed E-state index contributed by atoms with van der Waals surface area (Å²) in [5, 5.41) is 0. The average molecular weight is 396 g/mol. The number of ether oxygens (including phenoxy) is 2. The van der Waals surface area contributed by atoms with Gasteiger partial charge in [0.05, 0.1) is 19.8 Å². The number of methoxy groups -OCH3 is 2. The van der Waals surface area contributed by atoms with E-state index in [1.807, 2.05) is 43.3 Å². The minimum Gasteiger partial charge on any atom is -0.493 e. The average Bonchev–Trinajstić information content (AvgIpc) is 2.77. The summed E-state index contributed by atoms with van der Waals surface area (Å²) in [7, 11) is 6.96. The summed E-state index contributed by atoms with van der Waals surface area (Å²) in [6.45, 7) is 1.09. The van der Waals surface area contributed by atoms with Crippen LogP contribution in [0.25, 0.3) is 0 Å². The third-order valence-electron chi connectivity index (χ3n) is 5.36. The number of piperidine rings is 1. The zero-order valence-electron chi connectivity index (χ0n) is 17.5. The van der Waals surface area contributed by atoms with E-state index in [0.29, 0.717) is 35.7 Å². The van der Waals surface area contributed by atoms with E-state index in [-0.39, 0.29) is 17.6 Å². The van der Waals surface area contributed by atoms with Crippen LogP contribution in [0.3, 0.4) is 0 Å². The van der Waals surface area contributed by atoms with Gasteiger partial charge in [-0.2, -0.15) is 0 Å². The summed E-state index contributed by atoms with van der Waals surface area (Å²) in [6, 6.07) is 12.8. The summed E-state index contributed by atoms with van der Waals surface area (Å²) in [4.78, 5) is 30.0. The van der Waals surface area contributed by atoms with Crippen molar-refractivity contribution in [2.45, 2.75) is 12.8 Å². The van der Waals surface area contributed by atoms with E-state index in [0.717, 1.165) is 18.5 Å². The number of carbonyl (C=O) groups excluding carboxylic acids is 2. The molecule has 1 heterocycles. The molecule has 3 rings (SSSR count). The van der Waals surface area contributed by atoms with Crippen LogP contribution in [0, 0.1) is 5.92 Å². The van der Waals surface area contributed by atoms with E-state index >= 15 is 0 Å². The molecule has 1 fully saturated rings. The maximum absolute atomic E-state index is 13.2. The molecule has 154 valence electrons. The number of likely N-dealkylation sites (tertiary alicyclic amines) is 1. The first kappa shape index (κ1) is 20.7. The van der Waals surface area contributed by atoms with Crippen molar-refractivity contribution in [2.24, 2.45) is 5.92 Å². The number of hydrogen-bond acceptors (Lipinski definition) is 5. The third-order valence-corrected chi connectivity index (χ3v) is 5.36. The highest BCUT2D eigenvalue weighted by Gasteiger charge is 2.30. The Hall–Kier alpha value is -3.02. The summed E-state index contributed by atoms with van der Waals surface area (Å²) >= 11 is 0. The van der Waals surface area contributed by atoms with Crippen molar-refractivity contribution < 1.29 is 19.1 Å². The smallest absolute Gasteiger partial charge is 0.255 e. The minimum atomic E-state index is -0.225. The number of amides is 1. The first-order valence-electron chi connectivity index (χ1n) is 9.78. The molecule has 0 spiro atoms. The lowest BCUT2D eigenvalue weighted by atomic mass is 9.89. The van der Waals surface area contributed by atoms with Gasteiger partial charge in [-0.1, -0.05) is 12.1 Å². The fourth-order valence-corrected chi connectivity index (χ4v) is 3.82. The van der Waals surface area contributed by atoms with Crippen LogP contribution in [-0.4, -0.2) is 58.0 Å². The normalized spacial score (nSPS) is 16.3. The lowest BCUT2D eigenvalue weighted by molar-refractivity contribution is 0.0637. The Kier molecular flexibility index (Phi) is 6.42. The molecule has 2 aromatic carbocycles. The monoisotopic (exact) mass is 396 g/mol. The highest BCUT2D eigenvalue weighted by molar-refractivity contribution is 6.01. The van der Waals surface area contributed by atoms with Gasteiger partial charge < -0.3 is 19.3 Å². The van der Waals surface area contributed by atoms with Gasteiger partial charge in [-0.15, -0.1) is 0 Å². The Balaban J connectivity index is 1.79. The highest BCUT2D eigenvalue weighted by atomic mass is 16.5. The zero-order valence-corrected chi connectivity index (χ0v) is 17.5. The fraction of sp³-hybridized carbons (Fsp3) is 0.391. The molecule has 1 saturated heterocycles. The second-order valence-electron chi connectivity index (χ2n) is 7.44. The lowest BCUT2D eigenvalue weighted by Crippen LogP contribution is -2.42. The number of ketones is 1. The van der Waals surface area contributed by atoms with E-state index in [1.165, 1.54) is 0 Å². The van der Waals surface area contributed by atoms with Crippen LogP contribution in [0.4, 0.5) is 5.69 Å². The van der Waals surface area contributed by atoms with Crippen LogP contribution < -0.4 is 14.4 Å². The zero-order chi connectivity index (χ0) is 21.0. The van der Waals surface area contributed by atoms with Gasteiger partial charge in [-0.25, -0.2) is 0 Å². The highest BCUT2D eigenvalue weighted by Crippen LogP contribution is 2.30. The van der Waals surface area contributed by atoms with Gasteiger partial charge in [0.15, 0.2) is 17.3 Å². The van der Waals surface area contributed by atoms with E-state index in [4.69, 9.17) is 9.47 Å². The number of benzene rings is 2. The Bertz CT molecular complexity index is 894. The van der Waals surface area contributed by atoms with Gasteiger partial charge in [0.1, 0.15) is 0 Å². The molecule has 1 amide bonds.